The van der Waals surface area contributed by atoms with Crippen molar-refractivity contribution in [1.82, 2.24) is 9.97 Å². The Morgan fingerprint density at radius 2 is 2.00 bits per heavy atom. The first-order valence-corrected chi connectivity index (χ1v) is 5.25. The van der Waals surface area contributed by atoms with Crippen molar-refractivity contribution in [2.45, 2.75) is 0 Å². The van der Waals surface area contributed by atoms with Gasteiger partial charge >= 0.3 is 0 Å². The highest BCUT2D eigenvalue weighted by Crippen LogP contribution is 2.17. The van der Waals surface area contributed by atoms with Crippen LogP contribution in [-0.4, -0.2) is 9.97 Å². The lowest BCUT2D eigenvalue weighted by atomic mass is 10.2. The Balaban J connectivity index is 2.50. The molecule has 0 unspecified atom stereocenters. The lowest BCUT2D eigenvalue weighted by molar-refractivity contribution is 1.11. The van der Waals surface area contributed by atoms with Gasteiger partial charge in [-0.05, 0) is 12.1 Å². The Hall–Kier alpha value is -1.93. The molecule has 0 aliphatic heterocycles. The third-order valence-corrected chi connectivity index (χ3v) is 2.57. The Morgan fingerprint density at radius 1 is 1.31 bits per heavy atom. The number of aromatic nitrogens is 2. The van der Waals surface area contributed by atoms with Crippen LogP contribution in [0.15, 0.2) is 39.7 Å². The third-order valence-electron chi connectivity index (χ3n) is 2.04. The van der Waals surface area contributed by atoms with Crippen LogP contribution in [0.2, 0.25) is 0 Å². The summed E-state index contributed by atoms with van der Waals surface area (Å²) in [5.41, 5.74) is 0.390. The number of H-pyrrole nitrogens is 1. The lowest BCUT2D eigenvalue weighted by Gasteiger charge is -2.00. The number of halogens is 1. The Kier molecular flexibility index (Phi) is 2.84. The molecule has 0 radical (unpaired) electrons. The third kappa shape index (κ3) is 2.02. The summed E-state index contributed by atoms with van der Waals surface area (Å²) in [6.45, 7) is 0. The maximum Gasteiger partial charge on any atom is 0.269 e. The van der Waals surface area contributed by atoms with Crippen LogP contribution in [0, 0.1) is 11.3 Å². The standard InChI is InChI=1S/C11H6BrN3O/c12-9-3-1-7(2-4-9)10-14-6-8(5-13)11(16)15-10/h1-4,6H,(H,14,15,16). The van der Waals surface area contributed by atoms with E-state index in [-0.39, 0.29) is 5.56 Å². The van der Waals surface area contributed by atoms with Crippen molar-refractivity contribution in [1.29, 1.82) is 5.26 Å². The fourth-order valence-corrected chi connectivity index (χ4v) is 1.49. The van der Waals surface area contributed by atoms with Crippen LogP contribution in [0.1, 0.15) is 5.56 Å². The number of rotatable bonds is 1. The molecule has 0 atom stereocenters. The molecule has 78 valence electrons. The zero-order chi connectivity index (χ0) is 11.5. The molecule has 2 aromatic rings. The second-order valence-corrected chi connectivity index (χ2v) is 4.01. The summed E-state index contributed by atoms with van der Waals surface area (Å²) in [4.78, 5) is 18.0. The normalized spacial score (nSPS) is 9.75. The minimum absolute atomic E-state index is 0.0147. The minimum atomic E-state index is -0.421. The number of hydrogen-bond acceptors (Lipinski definition) is 3. The molecule has 1 aromatic heterocycles. The van der Waals surface area contributed by atoms with E-state index in [4.69, 9.17) is 5.26 Å². The van der Waals surface area contributed by atoms with Gasteiger partial charge in [0.25, 0.3) is 5.56 Å². The number of hydrogen-bond donors (Lipinski definition) is 1. The summed E-state index contributed by atoms with van der Waals surface area (Å²) in [5.74, 6) is 0.455. The first-order valence-electron chi connectivity index (χ1n) is 4.46. The van der Waals surface area contributed by atoms with E-state index in [9.17, 15) is 4.79 Å². The molecule has 0 fully saturated rings. The van der Waals surface area contributed by atoms with E-state index >= 15 is 0 Å². The maximum atomic E-state index is 11.4. The van der Waals surface area contributed by atoms with Crippen LogP contribution in [0.4, 0.5) is 0 Å². The van der Waals surface area contributed by atoms with Gasteiger partial charge in [0.15, 0.2) is 0 Å². The summed E-state index contributed by atoms with van der Waals surface area (Å²) < 4.78 is 0.951. The van der Waals surface area contributed by atoms with E-state index in [0.717, 1.165) is 10.0 Å². The number of aromatic amines is 1. The quantitative estimate of drug-likeness (QED) is 0.866. The molecular formula is C11H6BrN3O. The van der Waals surface area contributed by atoms with E-state index < -0.39 is 5.56 Å². The van der Waals surface area contributed by atoms with Crippen molar-refractivity contribution in [3.63, 3.8) is 0 Å². The van der Waals surface area contributed by atoms with Crippen LogP contribution in [0.3, 0.4) is 0 Å². The van der Waals surface area contributed by atoms with Gasteiger partial charge in [-0.1, -0.05) is 28.1 Å². The average Bonchev–Trinajstić information content (AvgIpc) is 2.30. The van der Waals surface area contributed by atoms with Crippen LogP contribution in [-0.2, 0) is 0 Å². The Morgan fingerprint density at radius 3 is 2.56 bits per heavy atom. The van der Waals surface area contributed by atoms with Gasteiger partial charge in [0.1, 0.15) is 17.5 Å². The molecule has 4 nitrogen and oxygen atoms in total. The fraction of sp³-hybridized carbons (Fsp3) is 0. The van der Waals surface area contributed by atoms with Gasteiger partial charge in [0.05, 0.1) is 6.20 Å². The van der Waals surface area contributed by atoms with Crippen molar-refractivity contribution in [2.24, 2.45) is 0 Å². The summed E-state index contributed by atoms with van der Waals surface area (Å²) in [7, 11) is 0. The predicted octanol–water partition coefficient (Wildman–Crippen LogP) is 2.07. The summed E-state index contributed by atoms with van der Waals surface area (Å²) in [6, 6.07) is 9.13. The molecule has 0 saturated carbocycles. The minimum Gasteiger partial charge on any atom is -0.305 e. The summed E-state index contributed by atoms with van der Waals surface area (Å²) in [6.07, 6.45) is 1.27. The molecule has 0 amide bonds. The summed E-state index contributed by atoms with van der Waals surface area (Å²) in [5, 5.41) is 8.60. The highest BCUT2D eigenvalue weighted by Gasteiger charge is 2.03. The average molecular weight is 276 g/mol. The molecule has 0 saturated heterocycles. The van der Waals surface area contributed by atoms with Crippen LogP contribution in [0.5, 0.6) is 0 Å². The highest BCUT2D eigenvalue weighted by atomic mass is 79.9. The Bertz CT molecular complexity index is 610. The van der Waals surface area contributed by atoms with Crippen molar-refractivity contribution < 1.29 is 0 Å². The second kappa shape index (κ2) is 4.29. The van der Waals surface area contributed by atoms with Crippen molar-refractivity contribution >= 4 is 15.9 Å². The van der Waals surface area contributed by atoms with Crippen LogP contribution in [0.25, 0.3) is 11.4 Å². The molecule has 2 rings (SSSR count). The fourth-order valence-electron chi connectivity index (χ4n) is 1.23. The van der Waals surface area contributed by atoms with Crippen molar-refractivity contribution in [3.8, 4) is 17.5 Å². The summed E-state index contributed by atoms with van der Waals surface area (Å²) >= 11 is 3.32. The maximum absolute atomic E-state index is 11.4. The van der Waals surface area contributed by atoms with Gasteiger partial charge in [-0.2, -0.15) is 5.26 Å². The molecular weight excluding hydrogens is 270 g/mol. The van der Waals surface area contributed by atoms with Crippen molar-refractivity contribution in [2.75, 3.05) is 0 Å². The molecule has 1 heterocycles. The number of benzene rings is 1. The van der Waals surface area contributed by atoms with Crippen LogP contribution >= 0.6 is 15.9 Å². The van der Waals surface area contributed by atoms with Gasteiger partial charge in [-0.15, -0.1) is 0 Å². The number of nitrogens with one attached hydrogen (secondary N) is 1. The first-order chi connectivity index (χ1) is 7.70. The monoisotopic (exact) mass is 275 g/mol. The van der Waals surface area contributed by atoms with Gasteiger partial charge in [-0.25, -0.2) is 4.98 Å². The molecule has 0 aliphatic rings. The van der Waals surface area contributed by atoms with Gasteiger partial charge in [0, 0.05) is 10.0 Å². The smallest absolute Gasteiger partial charge is 0.269 e. The zero-order valence-electron chi connectivity index (χ0n) is 8.07. The van der Waals surface area contributed by atoms with E-state index in [1.807, 2.05) is 24.3 Å². The molecule has 0 aliphatic carbocycles. The van der Waals surface area contributed by atoms with E-state index in [2.05, 4.69) is 25.9 Å². The van der Waals surface area contributed by atoms with E-state index in [0.29, 0.717) is 5.82 Å². The largest absolute Gasteiger partial charge is 0.305 e. The highest BCUT2D eigenvalue weighted by molar-refractivity contribution is 9.10. The van der Waals surface area contributed by atoms with Gasteiger partial charge in [0.2, 0.25) is 0 Å². The number of nitriles is 1. The molecule has 0 bridgehead atoms. The van der Waals surface area contributed by atoms with Crippen LogP contribution < -0.4 is 5.56 Å². The first kappa shape index (κ1) is 10.6. The molecule has 1 N–H and O–H groups in total. The zero-order valence-corrected chi connectivity index (χ0v) is 9.65. The molecule has 1 aromatic carbocycles. The van der Waals surface area contributed by atoms with E-state index in [1.54, 1.807) is 6.07 Å². The van der Waals surface area contributed by atoms with Crippen molar-refractivity contribution in [3.05, 3.63) is 50.9 Å². The predicted molar refractivity (Wildman–Crippen MR) is 62.7 cm³/mol. The molecule has 5 heteroatoms. The topological polar surface area (TPSA) is 69.5 Å². The lowest BCUT2D eigenvalue weighted by Crippen LogP contribution is -2.11. The second-order valence-electron chi connectivity index (χ2n) is 3.09. The Labute approximate surface area is 99.7 Å². The SMILES string of the molecule is N#Cc1cnc(-c2ccc(Br)cc2)[nH]c1=O. The van der Waals surface area contributed by atoms with Gasteiger partial charge < -0.3 is 4.98 Å². The molecule has 0 spiro atoms. The molecule has 16 heavy (non-hydrogen) atoms. The van der Waals surface area contributed by atoms with Gasteiger partial charge in [-0.3, -0.25) is 4.79 Å². The number of nitrogens with zero attached hydrogens (tertiary/aromatic N) is 2. The van der Waals surface area contributed by atoms with E-state index in [1.165, 1.54) is 6.20 Å².